The second-order valence-electron chi connectivity index (χ2n) is 5.63. The van der Waals surface area contributed by atoms with Crippen molar-refractivity contribution in [3.63, 3.8) is 0 Å². The lowest BCUT2D eigenvalue weighted by molar-refractivity contribution is -0.197. The van der Waals surface area contributed by atoms with E-state index < -0.39 is 41.2 Å². The van der Waals surface area contributed by atoms with E-state index in [-0.39, 0.29) is 5.75 Å². The van der Waals surface area contributed by atoms with E-state index >= 15 is 0 Å². The van der Waals surface area contributed by atoms with E-state index in [1.54, 1.807) is 12.1 Å². The quantitative estimate of drug-likeness (QED) is 0.416. The summed E-state index contributed by atoms with van der Waals surface area (Å²) < 4.78 is 16.3. The smallest absolute Gasteiger partial charge is 0.303 e. The lowest BCUT2D eigenvalue weighted by Crippen LogP contribution is -2.58. The lowest BCUT2D eigenvalue weighted by Gasteiger charge is -2.45. The van der Waals surface area contributed by atoms with Gasteiger partial charge in [-0.1, -0.05) is 6.07 Å². The molecule has 0 aliphatic carbocycles. The number of halogens is 1. The van der Waals surface area contributed by atoms with Crippen LogP contribution in [0.4, 0.5) is 0 Å². The molecule has 0 spiro atoms. The zero-order valence-electron chi connectivity index (χ0n) is 14.3. The number of hydrogen-bond acceptors (Lipinski definition) is 9. The maximum atomic E-state index is 11.6. The van der Waals surface area contributed by atoms with Gasteiger partial charge in [-0.25, -0.2) is 4.98 Å². The Balaban J connectivity index is 2.47. The Labute approximate surface area is 162 Å². The Morgan fingerprint density at radius 2 is 1.77 bits per heavy atom. The molecule has 0 unspecified atom stereocenters. The van der Waals surface area contributed by atoms with Gasteiger partial charge in [0, 0.05) is 38.3 Å². The molecule has 2 rings (SSSR count). The first-order valence-electron chi connectivity index (χ1n) is 7.63. The fraction of sp³-hybridized carbons (Fsp3) is 0.500. The van der Waals surface area contributed by atoms with E-state index in [2.05, 4.69) is 20.9 Å². The number of carbonyl (C=O) groups excluding carboxylic acids is 3. The molecule has 26 heavy (non-hydrogen) atoms. The van der Waals surface area contributed by atoms with Crippen molar-refractivity contribution in [1.29, 1.82) is 0 Å². The summed E-state index contributed by atoms with van der Waals surface area (Å²) in [6, 6.07) is 3.23. The van der Waals surface area contributed by atoms with Crippen molar-refractivity contribution in [3.05, 3.63) is 28.5 Å². The van der Waals surface area contributed by atoms with E-state index in [4.69, 9.17) is 14.2 Å². The van der Waals surface area contributed by atoms with Crippen LogP contribution in [0.1, 0.15) is 26.3 Å². The van der Waals surface area contributed by atoms with Crippen molar-refractivity contribution in [2.24, 2.45) is 0 Å². The van der Waals surface area contributed by atoms with Gasteiger partial charge >= 0.3 is 17.9 Å². The van der Waals surface area contributed by atoms with Gasteiger partial charge in [0.1, 0.15) is 4.60 Å². The summed E-state index contributed by atoms with van der Waals surface area (Å²) in [6.45, 7) is 3.57. The summed E-state index contributed by atoms with van der Waals surface area (Å²) in [5.41, 5.74) is 0.357. The molecule has 10 heteroatoms. The predicted molar refractivity (Wildman–Crippen MR) is 95.0 cm³/mol. The van der Waals surface area contributed by atoms with Crippen LogP contribution in [-0.2, 0) is 33.5 Å². The van der Waals surface area contributed by atoms with Crippen LogP contribution in [0.25, 0.3) is 0 Å². The van der Waals surface area contributed by atoms with Gasteiger partial charge < -0.3 is 19.3 Å². The van der Waals surface area contributed by atoms with E-state index in [1.807, 2.05) is 0 Å². The van der Waals surface area contributed by atoms with Gasteiger partial charge in [0.2, 0.25) is 0 Å². The molecule has 0 radical (unpaired) electrons. The molecule has 1 saturated heterocycles. The summed E-state index contributed by atoms with van der Waals surface area (Å²) in [5, 5.41) is 11.3. The van der Waals surface area contributed by atoms with Crippen LogP contribution in [0, 0.1) is 0 Å². The average Bonchev–Trinajstić information content (AvgIpc) is 2.53. The van der Waals surface area contributed by atoms with Gasteiger partial charge in [-0.05, 0) is 22.0 Å². The number of esters is 3. The van der Waals surface area contributed by atoms with Gasteiger partial charge in [-0.2, -0.15) is 0 Å². The van der Waals surface area contributed by atoms with Crippen molar-refractivity contribution in [3.8, 4) is 0 Å². The largest absolute Gasteiger partial charge is 0.458 e. The molecular weight excluding hydrogens is 430 g/mol. The van der Waals surface area contributed by atoms with Crippen LogP contribution in [0.15, 0.2) is 22.9 Å². The van der Waals surface area contributed by atoms with Crippen LogP contribution in [0.5, 0.6) is 0 Å². The lowest BCUT2D eigenvalue weighted by atomic mass is 9.96. The number of hydrogen-bond donors (Lipinski definition) is 1. The van der Waals surface area contributed by atoms with Gasteiger partial charge in [0.15, 0.2) is 23.2 Å². The van der Waals surface area contributed by atoms with Crippen LogP contribution in [0.2, 0.25) is 0 Å². The van der Waals surface area contributed by atoms with Crippen LogP contribution in [-0.4, -0.2) is 52.1 Å². The third-order valence-electron chi connectivity index (χ3n) is 3.57. The Morgan fingerprint density at radius 3 is 2.27 bits per heavy atom. The molecule has 4 atom stereocenters. The molecule has 1 aromatic rings. The van der Waals surface area contributed by atoms with E-state index in [9.17, 15) is 19.5 Å². The zero-order valence-corrected chi connectivity index (χ0v) is 16.7. The third kappa shape index (κ3) is 4.74. The highest BCUT2D eigenvalue weighted by atomic mass is 79.9. The summed E-state index contributed by atoms with van der Waals surface area (Å²) in [5.74, 6) is -1.79. The summed E-state index contributed by atoms with van der Waals surface area (Å²) in [7, 11) is 0. The molecule has 142 valence electrons. The van der Waals surface area contributed by atoms with Crippen LogP contribution in [0.3, 0.4) is 0 Å². The van der Waals surface area contributed by atoms with Crippen molar-refractivity contribution < 1.29 is 33.7 Å². The first kappa shape index (κ1) is 20.7. The Kier molecular flexibility index (Phi) is 6.64. The molecule has 8 nitrogen and oxygen atoms in total. The normalized spacial score (nSPS) is 28.1. The molecule has 1 N–H and O–H groups in total. The molecule has 1 aliphatic rings. The van der Waals surface area contributed by atoms with Crippen molar-refractivity contribution in [2.75, 3.05) is 5.75 Å². The molecular formula is C16H18BrNO7S. The fourth-order valence-electron chi connectivity index (χ4n) is 2.61. The minimum absolute atomic E-state index is 0.127. The monoisotopic (exact) mass is 447 g/mol. The predicted octanol–water partition coefficient (Wildman–Crippen LogP) is 1.53. The Hall–Kier alpha value is -1.65. The molecule has 1 aliphatic heterocycles. The summed E-state index contributed by atoms with van der Waals surface area (Å²) in [6.07, 6.45) is -1.93. The Bertz CT molecular complexity index is 698. The highest BCUT2D eigenvalue weighted by Crippen LogP contribution is 2.46. The maximum absolute atomic E-state index is 11.6. The number of carbonyl (C=O) groups is 3. The summed E-state index contributed by atoms with van der Waals surface area (Å²) >= 11 is 4.22. The van der Waals surface area contributed by atoms with Crippen LogP contribution < -0.4 is 0 Å². The number of rotatable bonds is 4. The number of pyridine rings is 1. The first-order chi connectivity index (χ1) is 12.1. The first-order valence-corrected chi connectivity index (χ1v) is 9.41. The number of aliphatic hydroxyl groups is 1. The third-order valence-corrected chi connectivity index (χ3v) is 5.44. The summed E-state index contributed by atoms with van der Waals surface area (Å²) in [4.78, 5) is 36.9. The highest BCUT2D eigenvalue weighted by Gasteiger charge is 2.55. The SMILES string of the molecule is CC(=O)O[C@@H]1[C@@H](OC(C)=O)[C@@](O)(c2ccc(Br)nc2)SC[C@H]1OC(C)=O. The molecule has 0 bridgehead atoms. The minimum atomic E-state index is -1.74. The van der Waals surface area contributed by atoms with E-state index in [0.717, 1.165) is 11.8 Å². The molecule has 0 saturated carbocycles. The number of thioether (sulfide) groups is 1. The molecule has 1 aromatic heterocycles. The fourth-order valence-corrected chi connectivity index (χ4v) is 4.15. The number of ether oxygens (including phenoxy) is 3. The van der Waals surface area contributed by atoms with E-state index in [0.29, 0.717) is 10.2 Å². The average molecular weight is 448 g/mol. The van der Waals surface area contributed by atoms with E-state index in [1.165, 1.54) is 27.0 Å². The number of nitrogens with zero attached hydrogens (tertiary/aromatic N) is 1. The molecule has 2 heterocycles. The van der Waals surface area contributed by atoms with Crippen LogP contribution >= 0.6 is 27.7 Å². The number of aromatic nitrogens is 1. The zero-order chi connectivity index (χ0) is 19.5. The minimum Gasteiger partial charge on any atom is -0.458 e. The van der Waals surface area contributed by atoms with Crippen molar-refractivity contribution in [1.82, 2.24) is 4.98 Å². The molecule has 0 amide bonds. The second kappa shape index (κ2) is 8.36. The topological polar surface area (TPSA) is 112 Å². The molecule has 0 aromatic carbocycles. The van der Waals surface area contributed by atoms with Crippen molar-refractivity contribution >= 4 is 45.6 Å². The molecule has 1 fully saturated rings. The standard InChI is InChI=1S/C16H18BrNO7S/c1-8(19)23-12-7-26-16(22,11-4-5-13(17)18-6-11)15(25-10(3)21)14(12)24-9(2)20/h4-6,12,14-15,22H,7H2,1-3H3/t12-,14+,15-,16-/m1/s1. The maximum Gasteiger partial charge on any atom is 0.303 e. The van der Waals surface area contributed by atoms with Gasteiger partial charge in [0.05, 0.1) is 0 Å². The van der Waals surface area contributed by atoms with Gasteiger partial charge in [-0.3, -0.25) is 14.4 Å². The van der Waals surface area contributed by atoms with Crippen molar-refractivity contribution in [2.45, 2.75) is 44.0 Å². The van der Waals surface area contributed by atoms with Gasteiger partial charge in [-0.15, -0.1) is 11.8 Å². The Morgan fingerprint density at radius 1 is 1.15 bits per heavy atom. The highest BCUT2D eigenvalue weighted by molar-refractivity contribution is 9.10. The van der Waals surface area contributed by atoms with Gasteiger partial charge in [0.25, 0.3) is 0 Å². The second-order valence-corrected chi connectivity index (χ2v) is 7.69.